The second-order valence-corrected chi connectivity index (χ2v) is 4.51. The number of amides is 2. The molecule has 23 heavy (non-hydrogen) atoms. The average Bonchev–Trinajstić information content (AvgIpc) is 2.58. The van der Waals surface area contributed by atoms with Crippen LogP contribution < -0.4 is 15.1 Å². The van der Waals surface area contributed by atoms with Crippen LogP contribution in [-0.4, -0.2) is 64.4 Å². The van der Waals surface area contributed by atoms with E-state index in [-0.39, 0.29) is 30.2 Å². The summed E-state index contributed by atoms with van der Waals surface area (Å²) in [6, 6.07) is 1.32. The molecule has 0 aromatic carbocycles. The summed E-state index contributed by atoms with van der Waals surface area (Å²) in [5.41, 5.74) is 0.0980. The summed E-state index contributed by atoms with van der Waals surface area (Å²) in [4.78, 5) is 27.9. The molecule has 1 rings (SSSR count). The van der Waals surface area contributed by atoms with Gasteiger partial charge in [0.2, 0.25) is 0 Å². The maximum atomic E-state index is 12.1. The summed E-state index contributed by atoms with van der Waals surface area (Å²) >= 11 is 0. The molecular formula is C14H21N3O6. The number of nitrogens with zero attached hydrogens (tertiary/aromatic N) is 1. The molecule has 0 aliphatic heterocycles. The Labute approximate surface area is 134 Å². The van der Waals surface area contributed by atoms with Crippen molar-refractivity contribution in [2.75, 3.05) is 47.6 Å². The smallest absolute Gasteiger partial charge is 0.349 e. The molecule has 0 bridgehead atoms. The maximum Gasteiger partial charge on any atom is 0.349 e. The molecule has 0 saturated heterocycles. The van der Waals surface area contributed by atoms with Gasteiger partial charge in [-0.05, 0) is 0 Å². The summed E-state index contributed by atoms with van der Waals surface area (Å²) in [7, 11) is 4.31. The molecule has 1 atom stereocenters. The lowest BCUT2D eigenvalue weighted by atomic mass is 10.2. The van der Waals surface area contributed by atoms with Crippen molar-refractivity contribution < 1.29 is 28.9 Å². The Kier molecular flexibility index (Phi) is 8.13. The van der Waals surface area contributed by atoms with Gasteiger partial charge in [0.05, 0.1) is 20.3 Å². The van der Waals surface area contributed by atoms with Gasteiger partial charge in [-0.3, -0.25) is 4.79 Å². The van der Waals surface area contributed by atoms with E-state index in [1.54, 1.807) is 0 Å². The van der Waals surface area contributed by atoms with Gasteiger partial charge in [0, 0.05) is 33.0 Å². The van der Waals surface area contributed by atoms with E-state index in [1.165, 1.54) is 27.4 Å². The molecule has 2 N–H and O–H groups in total. The molecule has 0 aliphatic carbocycles. The fourth-order valence-corrected chi connectivity index (χ4v) is 1.72. The van der Waals surface area contributed by atoms with Crippen molar-refractivity contribution >= 4 is 11.8 Å². The van der Waals surface area contributed by atoms with E-state index in [1.807, 2.05) is 0 Å². The molecule has 0 spiro atoms. The van der Waals surface area contributed by atoms with Gasteiger partial charge in [0.1, 0.15) is 23.6 Å². The van der Waals surface area contributed by atoms with Crippen molar-refractivity contribution in [3.05, 3.63) is 28.7 Å². The molecule has 0 fully saturated rings. The van der Waals surface area contributed by atoms with Crippen LogP contribution in [0, 0.1) is 5.21 Å². The number of methoxy groups -OCH3 is 3. The number of pyridine rings is 1. The minimum Gasteiger partial charge on any atom is -0.626 e. The van der Waals surface area contributed by atoms with E-state index in [4.69, 9.17) is 14.2 Å². The Morgan fingerprint density at radius 3 is 2.57 bits per heavy atom. The van der Waals surface area contributed by atoms with Gasteiger partial charge in [-0.1, -0.05) is 0 Å². The predicted molar refractivity (Wildman–Crippen MR) is 80.4 cm³/mol. The number of hydrogen-bond donors (Lipinski definition) is 2. The van der Waals surface area contributed by atoms with Crippen LogP contribution in [0.25, 0.3) is 0 Å². The summed E-state index contributed by atoms with van der Waals surface area (Å²) in [5.74, 6) is -1.03. The summed E-state index contributed by atoms with van der Waals surface area (Å²) in [6.45, 7) is 0.820. The number of carbonyl (C=O) groups is 2. The quantitative estimate of drug-likeness (QED) is 0.425. The first-order valence-corrected chi connectivity index (χ1v) is 6.92. The number of aromatic nitrogens is 1. The number of carbonyl (C=O) groups excluding carboxylic acids is 2. The summed E-state index contributed by atoms with van der Waals surface area (Å²) in [5, 5.41) is 13.8. The molecular weight excluding hydrogens is 306 g/mol. The molecule has 1 heterocycles. The van der Waals surface area contributed by atoms with E-state index < -0.39 is 16.9 Å². The lowest BCUT2D eigenvalue weighted by Gasteiger charge is -2.20. The van der Waals surface area contributed by atoms with Crippen LogP contribution in [0.2, 0.25) is 0 Å². The van der Waals surface area contributed by atoms with E-state index in [9.17, 15) is 14.8 Å². The molecule has 1 aromatic heterocycles. The normalized spacial score (nSPS) is 11.8. The minimum absolute atomic E-state index is 0.0158. The van der Waals surface area contributed by atoms with Gasteiger partial charge >= 0.3 is 5.91 Å². The topological polar surface area (TPSA) is 114 Å². The first-order chi connectivity index (χ1) is 11.0. The largest absolute Gasteiger partial charge is 0.626 e. The van der Waals surface area contributed by atoms with Gasteiger partial charge in [0.15, 0.2) is 0 Å². The van der Waals surface area contributed by atoms with Crippen LogP contribution in [0.3, 0.4) is 0 Å². The second-order valence-electron chi connectivity index (χ2n) is 4.51. The van der Waals surface area contributed by atoms with E-state index in [0.717, 1.165) is 6.20 Å². The third kappa shape index (κ3) is 5.57. The standard InChI is InChI=1S/C14H21N3O6/c1-21-6-4-15-13(18)11-8-12(23-3)10(9-16-11)14(19)17(20)5-7-22-2/h8-9,17H,4-7H2,1-3H3,(H,15,18). The molecule has 0 radical (unpaired) electrons. The Bertz CT molecular complexity index is 537. The number of hydroxylamine groups is 2. The molecule has 2 amide bonds. The number of ether oxygens (including phenoxy) is 3. The molecule has 9 heteroatoms. The minimum atomic E-state index is -0.724. The van der Waals surface area contributed by atoms with Crippen LogP contribution in [0.1, 0.15) is 20.8 Å². The first-order valence-electron chi connectivity index (χ1n) is 6.92. The van der Waals surface area contributed by atoms with Gasteiger partial charge in [0.25, 0.3) is 5.91 Å². The van der Waals surface area contributed by atoms with E-state index in [2.05, 4.69) is 10.3 Å². The Balaban J connectivity index is 2.87. The Hall–Kier alpha value is -2.07. The zero-order valence-corrected chi connectivity index (χ0v) is 13.4. The number of quaternary nitrogens is 1. The van der Waals surface area contributed by atoms with Crippen LogP contribution in [0.15, 0.2) is 12.3 Å². The third-order valence-electron chi connectivity index (χ3n) is 2.94. The van der Waals surface area contributed by atoms with Gasteiger partial charge in [-0.2, -0.15) is 0 Å². The lowest BCUT2D eigenvalue weighted by Crippen LogP contribution is -3.10. The van der Waals surface area contributed by atoms with Gasteiger partial charge in [-0.25, -0.2) is 9.78 Å². The van der Waals surface area contributed by atoms with Crippen molar-refractivity contribution in [2.24, 2.45) is 0 Å². The zero-order valence-electron chi connectivity index (χ0n) is 13.4. The monoisotopic (exact) mass is 327 g/mol. The fourth-order valence-electron chi connectivity index (χ4n) is 1.72. The average molecular weight is 327 g/mol. The molecule has 128 valence electrons. The lowest BCUT2D eigenvalue weighted by molar-refractivity contribution is -0.758. The van der Waals surface area contributed by atoms with Crippen molar-refractivity contribution in [3.63, 3.8) is 0 Å². The first kappa shape index (κ1) is 19.0. The molecule has 0 saturated carbocycles. The highest BCUT2D eigenvalue weighted by Gasteiger charge is 2.21. The third-order valence-corrected chi connectivity index (χ3v) is 2.94. The Morgan fingerprint density at radius 2 is 1.96 bits per heavy atom. The number of rotatable bonds is 9. The van der Waals surface area contributed by atoms with Crippen molar-refractivity contribution in [3.8, 4) is 5.75 Å². The highest BCUT2D eigenvalue weighted by Crippen LogP contribution is 2.17. The van der Waals surface area contributed by atoms with E-state index in [0.29, 0.717) is 13.2 Å². The zero-order chi connectivity index (χ0) is 17.2. The highest BCUT2D eigenvalue weighted by molar-refractivity contribution is 5.95. The molecule has 1 aromatic rings. The van der Waals surface area contributed by atoms with Crippen molar-refractivity contribution in [2.45, 2.75) is 0 Å². The SMILES string of the molecule is COCCNC(=O)c1cc(OC)c(C(=O)[NH+]([O-])CCOC)cn1. The van der Waals surface area contributed by atoms with Gasteiger partial charge < -0.3 is 29.8 Å². The second kappa shape index (κ2) is 9.85. The van der Waals surface area contributed by atoms with Gasteiger partial charge in [-0.15, -0.1) is 0 Å². The highest BCUT2D eigenvalue weighted by atomic mass is 16.5. The molecule has 9 nitrogen and oxygen atoms in total. The summed E-state index contributed by atoms with van der Waals surface area (Å²) < 4.78 is 14.7. The fraction of sp³-hybridized carbons (Fsp3) is 0.500. The van der Waals surface area contributed by atoms with Crippen LogP contribution in [0.5, 0.6) is 5.75 Å². The number of nitrogens with one attached hydrogen (secondary N) is 2. The van der Waals surface area contributed by atoms with Crippen molar-refractivity contribution in [1.82, 2.24) is 10.3 Å². The Morgan fingerprint density at radius 1 is 1.26 bits per heavy atom. The van der Waals surface area contributed by atoms with Crippen LogP contribution in [-0.2, 0) is 9.47 Å². The molecule has 1 unspecified atom stereocenters. The predicted octanol–water partition coefficient (Wildman–Crippen LogP) is -1.36. The molecule has 0 aliphatic rings. The summed E-state index contributed by atoms with van der Waals surface area (Å²) in [6.07, 6.45) is 1.16. The maximum absolute atomic E-state index is 12.1. The van der Waals surface area contributed by atoms with E-state index >= 15 is 0 Å². The van der Waals surface area contributed by atoms with Crippen LogP contribution in [0.4, 0.5) is 0 Å². The number of hydrogen-bond acceptors (Lipinski definition) is 7. The van der Waals surface area contributed by atoms with Crippen molar-refractivity contribution in [1.29, 1.82) is 0 Å². The van der Waals surface area contributed by atoms with Crippen LogP contribution >= 0.6 is 0 Å².